The Morgan fingerprint density at radius 3 is 2.65 bits per heavy atom. The van der Waals surface area contributed by atoms with E-state index >= 15 is 0 Å². The number of alkyl halides is 1. The molecule has 0 spiro atoms. The molecule has 0 bridgehead atoms. The minimum absolute atomic E-state index is 0.0113. The molecule has 1 rings (SSSR count). The van der Waals surface area contributed by atoms with Gasteiger partial charge in [0, 0.05) is 6.42 Å². The van der Waals surface area contributed by atoms with Crippen LogP contribution in [0.2, 0.25) is 0 Å². The van der Waals surface area contributed by atoms with Gasteiger partial charge in [0.15, 0.2) is 5.78 Å². The maximum Gasteiger partial charge on any atom is 0.338 e. The van der Waals surface area contributed by atoms with Crippen molar-refractivity contribution in [1.82, 2.24) is 0 Å². The van der Waals surface area contributed by atoms with E-state index in [1.807, 2.05) is 19.1 Å². The van der Waals surface area contributed by atoms with Crippen molar-refractivity contribution in [3.8, 4) is 0 Å². The third-order valence-electron chi connectivity index (χ3n) is 2.35. The standard InChI is InChI=1S/C13H15ClO3/c1-3-17-13(16)12-7-10(5-4-9(12)2)6-11(15)8-14/h4-5,7H,3,6,8H2,1-2H3. The number of esters is 1. The summed E-state index contributed by atoms with van der Waals surface area (Å²) < 4.78 is 4.95. The Morgan fingerprint density at radius 1 is 1.35 bits per heavy atom. The van der Waals surface area contributed by atoms with Crippen LogP contribution in [0.3, 0.4) is 0 Å². The predicted octanol–water partition coefficient (Wildman–Crippen LogP) is 2.52. The van der Waals surface area contributed by atoms with Gasteiger partial charge in [-0.05, 0) is 31.0 Å². The van der Waals surface area contributed by atoms with Crippen LogP contribution in [-0.4, -0.2) is 24.2 Å². The van der Waals surface area contributed by atoms with Crippen LogP contribution in [0.5, 0.6) is 0 Å². The summed E-state index contributed by atoms with van der Waals surface area (Å²) in [5.74, 6) is -0.432. The van der Waals surface area contributed by atoms with Crippen molar-refractivity contribution in [3.05, 3.63) is 34.9 Å². The topological polar surface area (TPSA) is 43.4 Å². The molecule has 92 valence electrons. The number of hydrogen-bond donors (Lipinski definition) is 0. The second-order valence-corrected chi connectivity index (χ2v) is 3.99. The first-order valence-corrected chi connectivity index (χ1v) is 5.96. The highest BCUT2D eigenvalue weighted by Crippen LogP contribution is 2.13. The average Bonchev–Trinajstić information content (AvgIpc) is 2.31. The van der Waals surface area contributed by atoms with Crippen LogP contribution >= 0.6 is 11.6 Å². The maximum absolute atomic E-state index is 11.6. The maximum atomic E-state index is 11.6. The van der Waals surface area contributed by atoms with Crippen molar-refractivity contribution in [1.29, 1.82) is 0 Å². The number of rotatable bonds is 5. The minimum Gasteiger partial charge on any atom is -0.462 e. The van der Waals surface area contributed by atoms with Gasteiger partial charge in [-0.1, -0.05) is 12.1 Å². The smallest absolute Gasteiger partial charge is 0.338 e. The van der Waals surface area contributed by atoms with E-state index in [9.17, 15) is 9.59 Å². The molecule has 0 unspecified atom stereocenters. The van der Waals surface area contributed by atoms with E-state index in [-0.39, 0.29) is 24.1 Å². The van der Waals surface area contributed by atoms with Crippen molar-refractivity contribution in [3.63, 3.8) is 0 Å². The number of ketones is 1. The Morgan fingerprint density at radius 2 is 2.06 bits per heavy atom. The molecule has 0 aromatic heterocycles. The molecule has 0 radical (unpaired) electrons. The highest BCUT2D eigenvalue weighted by Gasteiger charge is 2.11. The van der Waals surface area contributed by atoms with Crippen LogP contribution in [0, 0.1) is 6.92 Å². The molecule has 4 heteroatoms. The first-order valence-electron chi connectivity index (χ1n) is 5.42. The van der Waals surface area contributed by atoms with Gasteiger partial charge in [0.2, 0.25) is 0 Å². The van der Waals surface area contributed by atoms with Crippen LogP contribution in [0.4, 0.5) is 0 Å². The van der Waals surface area contributed by atoms with Crippen molar-refractivity contribution < 1.29 is 14.3 Å². The number of Topliss-reactive ketones (excluding diaryl/α,β-unsaturated/α-hetero) is 1. The fraction of sp³-hybridized carbons (Fsp3) is 0.385. The summed E-state index contributed by atoms with van der Waals surface area (Å²) in [7, 11) is 0. The van der Waals surface area contributed by atoms with E-state index in [0.29, 0.717) is 12.2 Å². The van der Waals surface area contributed by atoms with Crippen LogP contribution in [0.15, 0.2) is 18.2 Å². The van der Waals surface area contributed by atoms with Gasteiger partial charge in [0.25, 0.3) is 0 Å². The van der Waals surface area contributed by atoms with Gasteiger partial charge in [0.1, 0.15) is 0 Å². The second-order valence-electron chi connectivity index (χ2n) is 3.72. The second kappa shape index (κ2) is 6.40. The van der Waals surface area contributed by atoms with E-state index in [0.717, 1.165) is 11.1 Å². The van der Waals surface area contributed by atoms with Crippen molar-refractivity contribution in [2.24, 2.45) is 0 Å². The molecule has 0 aliphatic heterocycles. The Bertz CT molecular complexity index is 427. The van der Waals surface area contributed by atoms with Crippen LogP contribution in [0.25, 0.3) is 0 Å². The fourth-order valence-corrected chi connectivity index (χ4v) is 1.58. The molecule has 1 aromatic rings. The molecule has 0 aliphatic carbocycles. The zero-order valence-corrected chi connectivity index (χ0v) is 10.7. The lowest BCUT2D eigenvalue weighted by Gasteiger charge is -2.07. The molecule has 0 aliphatic rings. The third-order valence-corrected chi connectivity index (χ3v) is 2.65. The van der Waals surface area contributed by atoms with E-state index in [1.54, 1.807) is 13.0 Å². The summed E-state index contributed by atoms with van der Waals surface area (Å²) in [5.41, 5.74) is 2.13. The molecule has 0 saturated heterocycles. The van der Waals surface area contributed by atoms with Gasteiger partial charge >= 0.3 is 5.97 Å². The highest BCUT2D eigenvalue weighted by atomic mass is 35.5. The van der Waals surface area contributed by atoms with Crippen LogP contribution < -0.4 is 0 Å². The lowest BCUT2D eigenvalue weighted by atomic mass is 10.0. The quantitative estimate of drug-likeness (QED) is 0.599. The summed E-state index contributed by atoms with van der Waals surface area (Å²) in [6.07, 6.45) is 0.246. The molecule has 0 heterocycles. The Labute approximate surface area is 106 Å². The Balaban J connectivity index is 2.94. The van der Waals surface area contributed by atoms with Gasteiger partial charge < -0.3 is 4.74 Å². The Kier molecular flexibility index (Phi) is 5.16. The zero-order valence-electron chi connectivity index (χ0n) is 9.96. The van der Waals surface area contributed by atoms with Crippen molar-refractivity contribution >= 4 is 23.4 Å². The lowest BCUT2D eigenvalue weighted by Crippen LogP contribution is -2.09. The number of halogens is 1. The minimum atomic E-state index is -0.356. The average molecular weight is 255 g/mol. The lowest BCUT2D eigenvalue weighted by molar-refractivity contribution is -0.116. The molecular formula is C13H15ClO3. The van der Waals surface area contributed by atoms with Gasteiger partial charge in [0.05, 0.1) is 18.1 Å². The number of carbonyl (C=O) groups excluding carboxylic acids is 2. The van der Waals surface area contributed by atoms with Gasteiger partial charge in [-0.3, -0.25) is 4.79 Å². The van der Waals surface area contributed by atoms with E-state index in [1.165, 1.54) is 0 Å². The predicted molar refractivity (Wildman–Crippen MR) is 66.6 cm³/mol. The first-order chi connectivity index (χ1) is 8.08. The fourth-order valence-electron chi connectivity index (χ4n) is 1.48. The molecule has 0 N–H and O–H groups in total. The van der Waals surface area contributed by atoms with Gasteiger partial charge in [-0.25, -0.2) is 4.79 Å². The summed E-state index contributed by atoms with van der Waals surface area (Å²) in [4.78, 5) is 22.9. The molecular weight excluding hydrogens is 240 g/mol. The summed E-state index contributed by atoms with van der Waals surface area (Å²) in [6, 6.07) is 5.32. The van der Waals surface area contributed by atoms with Crippen molar-refractivity contribution in [2.45, 2.75) is 20.3 Å². The number of carbonyl (C=O) groups is 2. The van der Waals surface area contributed by atoms with Gasteiger partial charge in [-0.15, -0.1) is 11.6 Å². The zero-order chi connectivity index (χ0) is 12.8. The number of benzene rings is 1. The van der Waals surface area contributed by atoms with Crippen LogP contribution in [0.1, 0.15) is 28.4 Å². The normalized spacial score (nSPS) is 10.1. The number of hydrogen-bond acceptors (Lipinski definition) is 3. The largest absolute Gasteiger partial charge is 0.462 e. The van der Waals surface area contributed by atoms with Gasteiger partial charge in [-0.2, -0.15) is 0 Å². The van der Waals surface area contributed by atoms with Crippen molar-refractivity contribution in [2.75, 3.05) is 12.5 Å². The summed E-state index contributed by atoms with van der Waals surface area (Å²) in [5, 5.41) is 0. The molecule has 17 heavy (non-hydrogen) atoms. The Hall–Kier alpha value is -1.35. The number of aryl methyl sites for hydroxylation is 1. The monoisotopic (exact) mass is 254 g/mol. The molecule has 0 atom stereocenters. The highest BCUT2D eigenvalue weighted by molar-refractivity contribution is 6.27. The molecule has 1 aromatic carbocycles. The van der Waals surface area contributed by atoms with Crippen LogP contribution in [-0.2, 0) is 16.0 Å². The first kappa shape index (κ1) is 13.7. The third kappa shape index (κ3) is 3.86. The number of ether oxygens (including phenoxy) is 1. The molecule has 3 nitrogen and oxygen atoms in total. The SMILES string of the molecule is CCOC(=O)c1cc(CC(=O)CCl)ccc1C. The van der Waals surface area contributed by atoms with E-state index < -0.39 is 0 Å². The van der Waals surface area contributed by atoms with E-state index in [2.05, 4.69) is 0 Å². The summed E-state index contributed by atoms with van der Waals surface area (Å²) >= 11 is 5.44. The summed E-state index contributed by atoms with van der Waals surface area (Å²) in [6.45, 7) is 3.93. The molecule has 0 fully saturated rings. The van der Waals surface area contributed by atoms with E-state index in [4.69, 9.17) is 16.3 Å². The molecule has 0 amide bonds. The molecule has 0 saturated carbocycles.